The molecule has 0 aromatic carbocycles. The van der Waals surface area contributed by atoms with E-state index in [9.17, 15) is 0 Å². The topological polar surface area (TPSA) is 54.7 Å². The average molecular weight is 221 g/mol. The third-order valence-electron chi connectivity index (χ3n) is 2.36. The van der Waals surface area contributed by atoms with Crippen LogP contribution >= 0.6 is 11.3 Å². The molecule has 0 radical (unpaired) electrons. The summed E-state index contributed by atoms with van der Waals surface area (Å²) in [5.74, 6) is 1.50. The number of aromatic nitrogens is 2. The number of aromatic amines is 1. The van der Waals surface area contributed by atoms with Crippen LogP contribution in [0.2, 0.25) is 0 Å². The first-order chi connectivity index (χ1) is 7.29. The van der Waals surface area contributed by atoms with Crippen molar-refractivity contribution < 1.29 is 0 Å². The summed E-state index contributed by atoms with van der Waals surface area (Å²) < 4.78 is 0. The fourth-order valence-corrected chi connectivity index (χ4v) is 2.13. The highest BCUT2D eigenvalue weighted by atomic mass is 32.1. The van der Waals surface area contributed by atoms with Gasteiger partial charge in [-0.3, -0.25) is 0 Å². The molecule has 1 unspecified atom stereocenters. The zero-order valence-electron chi connectivity index (χ0n) is 8.73. The van der Waals surface area contributed by atoms with Gasteiger partial charge in [0.15, 0.2) is 0 Å². The molecule has 2 aromatic rings. The largest absolute Gasteiger partial charge is 0.341 e. The Bertz CT molecular complexity index is 405. The van der Waals surface area contributed by atoms with Crippen molar-refractivity contribution in [3.05, 3.63) is 29.5 Å². The van der Waals surface area contributed by atoms with E-state index in [0.29, 0.717) is 12.5 Å². The van der Waals surface area contributed by atoms with Crippen LogP contribution in [-0.4, -0.2) is 16.5 Å². The van der Waals surface area contributed by atoms with E-state index in [1.165, 1.54) is 4.88 Å². The SMILES string of the molecule is CC(CN)Cc1ncc(-c2cccs2)[nH]1. The Hall–Kier alpha value is -1.13. The minimum absolute atomic E-state index is 0.479. The molecular weight excluding hydrogens is 206 g/mol. The predicted octanol–water partition coefficient (Wildman–Crippen LogP) is 2.28. The maximum absolute atomic E-state index is 5.58. The molecule has 0 amide bonds. The average Bonchev–Trinajstić information content (AvgIpc) is 2.85. The van der Waals surface area contributed by atoms with Gasteiger partial charge < -0.3 is 10.7 Å². The lowest BCUT2D eigenvalue weighted by molar-refractivity contribution is 0.577. The van der Waals surface area contributed by atoms with Crippen LogP contribution in [0.25, 0.3) is 10.6 Å². The number of hydrogen-bond acceptors (Lipinski definition) is 3. The minimum Gasteiger partial charge on any atom is -0.341 e. The monoisotopic (exact) mass is 221 g/mol. The van der Waals surface area contributed by atoms with Gasteiger partial charge >= 0.3 is 0 Å². The number of nitrogens with zero attached hydrogens (tertiary/aromatic N) is 1. The van der Waals surface area contributed by atoms with E-state index in [1.807, 2.05) is 12.3 Å². The molecule has 0 aliphatic carbocycles. The Balaban J connectivity index is 2.11. The van der Waals surface area contributed by atoms with Gasteiger partial charge in [0.25, 0.3) is 0 Å². The fraction of sp³-hybridized carbons (Fsp3) is 0.364. The smallest absolute Gasteiger partial charge is 0.106 e. The minimum atomic E-state index is 0.479. The molecule has 4 heteroatoms. The van der Waals surface area contributed by atoms with Crippen LogP contribution in [-0.2, 0) is 6.42 Å². The molecule has 1 atom stereocenters. The van der Waals surface area contributed by atoms with Crippen molar-refractivity contribution >= 4 is 11.3 Å². The molecule has 0 aliphatic heterocycles. The van der Waals surface area contributed by atoms with Crippen molar-refractivity contribution in [2.24, 2.45) is 11.7 Å². The molecule has 80 valence electrons. The standard InChI is InChI=1S/C11H15N3S/c1-8(6-12)5-11-13-7-9(14-11)10-3-2-4-15-10/h2-4,7-8H,5-6,12H2,1H3,(H,13,14). The van der Waals surface area contributed by atoms with Crippen LogP contribution in [0, 0.1) is 5.92 Å². The van der Waals surface area contributed by atoms with Gasteiger partial charge in [0.2, 0.25) is 0 Å². The molecule has 2 rings (SSSR count). The number of thiophene rings is 1. The van der Waals surface area contributed by atoms with Gasteiger partial charge in [0.1, 0.15) is 5.82 Å². The van der Waals surface area contributed by atoms with E-state index in [4.69, 9.17) is 5.73 Å². The Morgan fingerprint density at radius 3 is 3.13 bits per heavy atom. The third-order valence-corrected chi connectivity index (χ3v) is 3.26. The first kappa shape index (κ1) is 10.4. The predicted molar refractivity (Wildman–Crippen MR) is 63.8 cm³/mol. The van der Waals surface area contributed by atoms with Crippen molar-refractivity contribution in [1.82, 2.24) is 9.97 Å². The highest BCUT2D eigenvalue weighted by Crippen LogP contribution is 2.22. The summed E-state index contributed by atoms with van der Waals surface area (Å²) in [6.45, 7) is 2.84. The van der Waals surface area contributed by atoms with Crippen LogP contribution in [0.4, 0.5) is 0 Å². The molecule has 2 heterocycles. The molecule has 3 nitrogen and oxygen atoms in total. The lowest BCUT2D eigenvalue weighted by Crippen LogP contribution is -2.13. The Morgan fingerprint density at radius 2 is 2.47 bits per heavy atom. The summed E-state index contributed by atoms with van der Waals surface area (Å²) in [6.07, 6.45) is 2.81. The maximum Gasteiger partial charge on any atom is 0.106 e. The Kier molecular flexibility index (Phi) is 3.18. The molecule has 0 saturated heterocycles. The lowest BCUT2D eigenvalue weighted by atomic mass is 10.1. The number of nitrogens with one attached hydrogen (secondary N) is 1. The maximum atomic E-state index is 5.58. The summed E-state index contributed by atoms with van der Waals surface area (Å²) in [4.78, 5) is 8.91. The van der Waals surface area contributed by atoms with Crippen molar-refractivity contribution in [3.8, 4) is 10.6 Å². The van der Waals surface area contributed by atoms with Crippen LogP contribution in [0.15, 0.2) is 23.7 Å². The quantitative estimate of drug-likeness (QED) is 0.832. The van der Waals surface area contributed by atoms with E-state index in [0.717, 1.165) is 17.9 Å². The second-order valence-electron chi connectivity index (χ2n) is 3.77. The molecule has 0 spiro atoms. The van der Waals surface area contributed by atoms with Gasteiger partial charge in [-0.15, -0.1) is 11.3 Å². The molecular formula is C11H15N3S. The van der Waals surface area contributed by atoms with E-state index in [-0.39, 0.29) is 0 Å². The van der Waals surface area contributed by atoms with E-state index in [1.54, 1.807) is 11.3 Å². The molecule has 0 saturated carbocycles. The number of H-pyrrole nitrogens is 1. The van der Waals surface area contributed by atoms with Gasteiger partial charge in [-0.25, -0.2) is 4.98 Å². The second-order valence-corrected chi connectivity index (χ2v) is 4.71. The zero-order valence-corrected chi connectivity index (χ0v) is 9.55. The van der Waals surface area contributed by atoms with E-state index >= 15 is 0 Å². The molecule has 0 bridgehead atoms. The number of hydrogen-bond donors (Lipinski definition) is 2. The van der Waals surface area contributed by atoms with Gasteiger partial charge in [-0.1, -0.05) is 13.0 Å². The molecule has 15 heavy (non-hydrogen) atoms. The van der Waals surface area contributed by atoms with Gasteiger partial charge in [-0.2, -0.15) is 0 Å². The summed E-state index contributed by atoms with van der Waals surface area (Å²) >= 11 is 1.72. The third kappa shape index (κ3) is 2.46. The van der Waals surface area contributed by atoms with Crippen LogP contribution in [0.1, 0.15) is 12.7 Å². The summed E-state index contributed by atoms with van der Waals surface area (Å²) in [7, 11) is 0. The van der Waals surface area contributed by atoms with Gasteiger partial charge in [0.05, 0.1) is 16.8 Å². The normalized spacial score (nSPS) is 12.9. The van der Waals surface area contributed by atoms with Crippen molar-refractivity contribution in [3.63, 3.8) is 0 Å². The number of nitrogens with two attached hydrogens (primary N) is 1. The molecule has 0 aliphatic rings. The van der Waals surface area contributed by atoms with Gasteiger partial charge in [0, 0.05) is 6.42 Å². The zero-order chi connectivity index (χ0) is 10.7. The first-order valence-electron chi connectivity index (χ1n) is 5.07. The van der Waals surface area contributed by atoms with Crippen molar-refractivity contribution in [2.45, 2.75) is 13.3 Å². The Labute approximate surface area is 93.4 Å². The summed E-state index contributed by atoms with van der Waals surface area (Å²) in [5.41, 5.74) is 6.68. The van der Waals surface area contributed by atoms with E-state index < -0.39 is 0 Å². The summed E-state index contributed by atoms with van der Waals surface area (Å²) in [6, 6.07) is 4.14. The fourth-order valence-electron chi connectivity index (χ4n) is 1.44. The van der Waals surface area contributed by atoms with Crippen LogP contribution in [0.5, 0.6) is 0 Å². The van der Waals surface area contributed by atoms with Crippen molar-refractivity contribution in [2.75, 3.05) is 6.54 Å². The molecule has 0 fully saturated rings. The van der Waals surface area contributed by atoms with Crippen LogP contribution in [0.3, 0.4) is 0 Å². The highest BCUT2D eigenvalue weighted by molar-refractivity contribution is 7.13. The van der Waals surface area contributed by atoms with E-state index in [2.05, 4.69) is 28.3 Å². The first-order valence-corrected chi connectivity index (χ1v) is 5.95. The summed E-state index contributed by atoms with van der Waals surface area (Å²) in [5, 5.41) is 2.07. The molecule has 2 aromatic heterocycles. The lowest BCUT2D eigenvalue weighted by Gasteiger charge is -2.04. The molecule has 3 N–H and O–H groups in total. The van der Waals surface area contributed by atoms with Crippen molar-refractivity contribution in [1.29, 1.82) is 0 Å². The highest BCUT2D eigenvalue weighted by Gasteiger charge is 2.06. The number of imidazole rings is 1. The number of rotatable bonds is 4. The second kappa shape index (κ2) is 4.59. The van der Waals surface area contributed by atoms with Gasteiger partial charge in [-0.05, 0) is 23.9 Å². The Morgan fingerprint density at radius 1 is 1.60 bits per heavy atom. The van der Waals surface area contributed by atoms with Crippen LogP contribution < -0.4 is 5.73 Å².